The lowest BCUT2D eigenvalue weighted by Crippen LogP contribution is -2.20. The van der Waals surface area contributed by atoms with E-state index in [1.54, 1.807) is 33.1 Å². The zero-order valence-electron chi connectivity index (χ0n) is 15.7. The van der Waals surface area contributed by atoms with E-state index in [0.29, 0.717) is 16.8 Å². The molecule has 0 bridgehead atoms. The number of thiazole rings is 1. The summed E-state index contributed by atoms with van der Waals surface area (Å²) < 4.78 is 11.5. The minimum atomic E-state index is -0.572. The summed E-state index contributed by atoms with van der Waals surface area (Å²) in [5.41, 5.74) is 2.29. The number of ketones is 1. The summed E-state index contributed by atoms with van der Waals surface area (Å²) in [7, 11) is 0. The lowest BCUT2D eigenvalue weighted by atomic mass is 10.1. The maximum atomic E-state index is 12.4. The van der Waals surface area contributed by atoms with E-state index in [-0.39, 0.29) is 30.1 Å². The molecule has 0 spiro atoms. The minimum Gasteiger partial charge on any atom is -0.461 e. The van der Waals surface area contributed by atoms with Crippen molar-refractivity contribution in [3.8, 4) is 0 Å². The van der Waals surface area contributed by atoms with Crippen LogP contribution >= 0.6 is 11.3 Å². The first-order chi connectivity index (χ1) is 12.8. The van der Waals surface area contributed by atoms with Gasteiger partial charge in [-0.1, -0.05) is 11.3 Å². The Morgan fingerprint density at radius 2 is 1.89 bits per heavy atom. The molecule has 8 nitrogen and oxygen atoms in total. The van der Waals surface area contributed by atoms with Crippen LogP contribution in [0.4, 0.5) is 0 Å². The number of hydrogen-bond acceptors (Lipinski definition) is 7. The lowest BCUT2D eigenvalue weighted by Gasteiger charge is -2.06. The van der Waals surface area contributed by atoms with Crippen LogP contribution in [0.2, 0.25) is 0 Å². The molecule has 0 amide bonds. The SMILES string of the molecule is CCOC(=O)c1[nH]c(C)c(C(=O)COC(=O)CCn2c(C)csc2=O)c1C. The molecule has 2 rings (SSSR count). The molecule has 9 heteroatoms. The van der Waals surface area contributed by atoms with Crippen molar-refractivity contribution in [1.29, 1.82) is 0 Å². The Hall–Kier alpha value is -2.68. The van der Waals surface area contributed by atoms with Crippen LogP contribution in [-0.4, -0.2) is 40.5 Å². The number of esters is 2. The molecule has 2 aromatic rings. The van der Waals surface area contributed by atoms with Crippen molar-refractivity contribution in [2.45, 2.75) is 40.7 Å². The Morgan fingerprint density at radius 3 is 2.48 bits per heavy atom. The van der Waals surface area contributed by atoms with E-state index in [1.165, 1.54) is 4.57 Å². The maximum Gasteiger partial charge on any atom is 0.355 e. The number of nitrogens with zero attached hydrogens (tertiary/aromatic N) is 1. The van der Waals surface area contributed by atoms with Gasteiger partial charge in [-0.15, -0.1) is 0 Å². The highest BCUT2D eigenvalue weighted by molar-refractivity contribution is 7.07. The van der Waals surface area contributed by atoms with Crippen molar-refractivity contribution in [1.82, 2.24) is 9.55 Å². The number of aromatic amines is 1. The molecular formula is C18H22N2O6S. The smallest absolute Gasteiger partial charge is 0.355 e. The third kappa shape index (κ3) is 4.73. The van der Waals surface area contributed by atoms with Gasteiger partial charge >= 0.3 is 16.8 Å². The predicted molar refractivity (Wildman–Crippen MR) is 99.4 cm³/mol. The largest absolute Gasteiger partial charge is 0.461 e. The molecule has 2 aromatic heterocycles. The zero-order valence-corrected chi connectivity index (χ0v) is 16.5. The number of aromatic nitrogens is 2. The van der Waals surface area contributed by atoms with Gasteiger partial charge in [0.05, 0.1) is 13.0 Å². The Bertz CT molecular complexity index is 921. The summed E-state index contributed by atoms with van der Waals surface area (Å²) >= 11 is 1.07. The third-order valence-electron chi connectivity index (χ3n) is 4.08. The Kier molecular flexibility index (Phi) is 6.73. The summed E-state index contributed by atoms with van der Waals surface area (Å²) in [6.45, 7) is 6.77. The molecule has 0 fully saturated rings. The number of Topliss-reactive ketones (excluding diaryl/α,β-unsaturated/α-hetero) is 1. The van der Waals surface area contributed by atoms with Crippen LogP contribution in [0.3, 0.4) is 0 Å². The average molecular weight is 394 g/mol. The molecule has 27 heavy (non-hydrogen) atoms. The van der Waals surface area contributed by atoms with Crippen LogP contribution in [0.15, 0.2) is 10.2 Å². The summed E-state index contributed by atoms with van der Waals surface area (Å²) in [5, 5.41) is 1.72. The second kappa shape index (κ2) is 8.81. The Labute approximate surface area is 160 Å². The van der Waals surface area contributed by atoms with E-state index >= 15 is 0 Å². The lowest BCUT2D eigenvalue weighted by molar-refractivity contribution is -0.142. The van der Waals surface area contributed by atoms with Gasteiger partial charge in [-0.25, -0.2) is 4.79 Å². The van der Waals surface area contributed by atoms with Crippen molar-refractivity contribution < 1.29 is 23.9 Å². The van der Waals surface area contributed by atoms with Crippen molar-refractivity contribution in [2.75, 3.05) is 13.2 Å². The molecule has 1 N–H and O–H groups in total. The number of ether oxygens (including phenoxy) is 2. The van der Waals surface area contributed by atoms with E-state index in [4.69, 9.17) is 9.47 Å². The van der Waals surface area contributed by atoms with Gasteiger partial charge in [-0.05, 0) is 33.3 Å². The first-order valence-corrected chi connectivity index (χ1v) is 9.34. The molecule has 146 valence electrons. The van der Waals surface area contributed by atoms with E-state index < -0.39 is 24.3 Å². The summed E-state index contributed by atoms with van der Waals surface area (Å²) in [6, 6.07) is 0. The van der Waals surface area contributed by atoms with E-state index in [2.05, 4.69) is 4.98 Å². The van der Waals surface area contributed by atoms with Gasteiger partial charge < -0.3 is 19.0 Å². The van der Waals surface area contributed by atoms with Crippen LogP contribution in [0.5, 0.6) is 0 Å². The monoisotopic (exact) mass is 394 g/mol. The molecule has 0 atom stereocenters. The number of carbonyl (C=O) groups excluding carboxylic acids is 3. The van der Waals surface area contributed by atoms with Crippen molar-refractivity contribution in [2.24, 2.45) is 0 Å². The molecular weight excluding hydrogens is 372 g/mol. The molecule has 0 unspecified atom stereocenters. The zero-order chi connectivity index (χ0) is 20.1. The van der Waals surface area contributed by atoms with E-state index in [1.807, 2.05) is 0 Å². The minimum absolute atomic E-state index is 0.00998. The van der Waals surface area contributed by atoms with E-state index in [0.717, 1.165) is 17.0 Å². The molecule has 0 aliphatic rings. The summed E-state index contributed by atoms with van der Waals surface area (Å²) in [6.07, 6.45) is -0.00998. The maximum absolute atomic E-state index is 12.4. The Morgan fingerprint density at radius 1 is 1.19 bits per heavy atom. The molecule has 0 saturated carbocycles. The van der Waals surface area contributed by atoms with Gasteiger partial charge in [0.25, 0.3) is 0 Å². The first kappa shape index (κ1) is 20.6. The van der Waals surface area contributed by atoms with Gasteiger partial charge in [0.1, 0.15) is 5.69 Å². The second-order valence-corrected chi connectivity index (χ2v) is 6.79. The van der Waals surface area contributed by atoms with Crippen molar-refractivity contribution in [3.05, 3.63) is 43.3 Å². The summed E-state index contributed by atoms with van der Waals surface area (Å²) in [4.78, 5) is 50.5. The fourth-order valence-electron chi connectivity index (χ4n) is 2.74. The second-order valence-electron chi connectivity index (χ2n) is 5.97. The van der Waals surface area contributed by atoms with Crippen LogP contribution in [0, 0.1) is 20.8 Å². The normalized spacial score (nSPS) is 10.7. The number of aryl methyl sites for hydroxylation is 2. The number of H-pyrrole nitrogens is 1. The van der Waals surface area contributed by atoms with E-state index in [9.17, 15) is 19.2 Å². The Balaban J connectivity index is 1.96. The molecule has 0 aromatic carbocycles. The molecule has 0 saturated heterocycles. The number of nitrogens with one attached hydrogen (secondary N) is 1. The fourth-order valence-corrected chi connectivity index (χ4v) is 3.50. The van der Waals surface area contributed by atoms with Crippen LogP contribution in [0.1, 0.15) is 51.1 Å². The number of rotatable bonds is 8. The van der Waals surface area contributed by atoms with Crippen molar-refractivity contribution >= 4 is 29.1 Å². The molecule has 0 aliphatic carbocycles. The summed E-state index contributed by atoms with van der Waals surface area (Å²) in [5.74, 6) is -1.52. The van der Waals surface area contributed by atoms with Gasteiger partial charge in [0.2, 0.25) is 5.78 Å². The first-order valence-electron chi connectivity index (χ1n) is 8.46. The molecule has 2 heterocycles. The topological polar surface area (TPSA) is 107 Å². The fraction of sp³-hybridized carbons (Fsp3) is 0.444. The highest BCUT2D eigenvalue weighted by Crippen LogP contribution is 2.19. The van der Waals surface area contributed by atoms with Crippen LogP contribution < -0.4 is 4.87 Å². The van der Waals surface area contributed by atoms with Gasteiger partial charge in [-0.3, -0.25) is 14.4 Å². The molecule has 0 aliphatic heterocycles. The number of hydrogen-bond donors (Lipinski definition) is 1. The quantitative estimate of drug-likeness (QED) is 0.543. The highest BCUT2D eigenvalue weighted by Gasteiger charge is 2.23. The van der Waals surface area contributed by atoms with Crippen LogP contribution in [-0.2, 0) is 20.8 Å². The van der Waals surface area contributed by atoms with Gasteiger partial charge in [-0.2, -0.15) is 0 Å². The van der Waals surface area contributed by atoms with Crippen LogP contribution in [0.25, 0.3) is 0 Å². The highest BCUT2D eigenvalue weighted by atomic mass is 32.1. The van der Waals surface area contributed by atoms with Gasteiger partial charge in [0.15, 0.2) is 6.61 Å². The predicted octanol–water partition coefficient (Wildman–Crippen LogP) is 2.16. The third-order valence-corrected chi connectivity index (χ3v) is 4.96. The number of carbonyl (C=O) groups is 3. The van der Waals surface area contributed by atoms with Crippen molar-refractivity contribution in [3.63, 3.8) is 0 Å². The average Bonchev–Trinajstić information content (AvgIpc) is 3.09. The van der Waals surface area contributed by atoms with Gasteiger partial charge in [0, 0.05) is 28.9 Å². The standard InChI is InChI=1S/C18H22N2O6S/c1-5-25-17(23)16-11(3)15(12(4)19-16)13(21)8-26-14(22)6-7-20-10(2)9-27-18(20)24/h9,19H,5-8H2,1-4H3. The molecule has 0 radical (unpaired) electrons.